The van der Waals surface area contributed by atoms with Gasteiger partial charge in [0, 0.05) is 18.7 Å². The average molecular weight is 451 g/mol. The maximum atomic E-state index is 13.3. The fourth-order valence-electron chi connectivity index (χ4n) is 4.89. The van der Waals surface area contributed by atoms with Crippen molar-refractivity contribution in [1.29, 1.82) is 0 Å². The van der Waals surface area contributed by atoms with Crippen LogP contribution in [0.1, 0.15) is 55.9 Å². The van der Waals surface area contributed by atoms with Crippen LogP contribution in [-0.2, 0) is 17.8 Å². The van der Waals surface area contributed by atoms with Gasteiger partial charge in [-0.05, 0) is 74.8 Å². The molecule has 0 radical (unpaired) electrons. The summed E-state index contributed by atoms with van der Waals surface area (Å²) in [5.41, 5.74) is 14.8. The number of nitrogens with one attached hydrogen (secondary N) is 1. The van der Waals surface area contributed by atoms with Crippen molar-refractivity contribution in [3.8, 4) is 11.1 Å². The monoisotopic (exact) mass is 450 g/mol. The molecular weight excluding hydrogens is 427 g/mol. The quantitative estimate of drug-likeness (QED) is 0.428. The Hall–Kier alpha value is -3.80. The van der Waals surface area contributed by atoms with E-state index in [0.29, 0.717) is 18.7 Å². The Bertz CT molecular complexity index is 1400. The number of ether oxygens (including phenoxy) is 1. The van der Waals surface area contributed by atoms with Gasteiger partial charge in [-0.1, -0.05) is 54.6 Å². The van der Waals surface area contributed by atoms with Gasteiger partial charge in [-0.2, -0.15) is 0 Å². The molecule has 2 atom stereocenters. The Morgan fingerprint density at radius 3 is 2.09 bits per heavy atom. The molecule has 0 spiro atoms. The summed E-state index contributed by atoms with van der Waals surface area (Å²) in [4.78, 5) is 12.8. The number of fused-ring (bicyclic) bond motifs is 8. The zero-order chi connectivity index (χ0) is 23.2. The summed E-state index contributed by atoms with van der Waals surface area (Å²) in [5.74, 6) is -0.356. The molecule has 2 aliphatic rings. The third kappa shape index (κ3) is 3.50. The minimum Gasteiger partial charge on any atom is -0.356 e. The third-order valence-corrected chi connectivity index (χ3v) is 6.73. The van der Waals surface area contributed by atoms with Gasteiger partial charge in [0.1, 0.15) is 18.0 Å². The van der Waals surface area contributed by atoms with Crippen molar-refractivity contribution in [2.75, 3.05) is 0 Å². The van der Waals surface area contributed by atoms with Crippen LogP contribution in [0.2, 0.25) is 0 Å². The molecule has 34 heavy (non-hydrogen) atoms. The summed E-state index contributed by atoms with van der Waals surface area (Å²) in [5, 5.41) is 3.00. The third-order valence-electron chi connectivity index (χ3n) is 6.73. The van der Waals surface area contributed by atoms with Gasteiger partial charge in [-0.25, -0.2) is 4.39 Å². The van der Waals surface area contributed by atoms with Crippen LogP contribution < -0.4 is 11.1 Å². The van der Waals surface area contributed by atoms with E-state index in [2.05, 4.69) is 17.4 Å². The predicted octanol–water partition coefficient (Wildman–Crippen LogP) is 5.40. The van der Waals surface area contributed by atoms with E-state index >= 15 is 0 Å². The zero-order valence-corrected chi connectivity index (χ0v) is 18.4. The maximum absolute atomic E-state index is 13.3. The van der Waals surface area contributed by atoms with Crippen LogP contribution in [0.4, 0.5) is 4.39 Å². The molecule has 2 aliphatic heterocycles. The first-order chi connectivity index (χ1) is 16.6. The first-order valence-electron chi connectivity index (χ1n) is 11.4. The van der Waals surface area contributed by atoms with Crippen molar-refractivity contribution in [2.45, 2.75) is 25.3 Å². The number of halogens is 1. The largest absolute Gasteiger partial charge is 0.356 e. The minimum absolute atomic E-state index is 0.111. The zero-order valence-electron chi connectivity index (χ0n) is 18.4. The molecule has 0 fully saturated rings. The summed E-state index contributed by atoms with van der Waals surface area (Å²) >= 11 is 0. The minimum atomic E-state index is -0.245. The molecule has 168 valence electrons. The van der Waals surface area contributed by atoms with Crippen LogP contribution in [0.15, 0.2) is 84.9 Å². The number of rotatable bonds is 5. The number of hydrogen-bond acceptors (Lipinski definition) is 3. The van der Waals surface area contributed by atoms with Crippen LogP contribution in [-0.4, -0.2) is 5.91 Å². The van der Waals surface area contributed by atoms with Crippen molar-refractivity contribution in [2.24, 2.45) is 5.73 Å². The molecule has 3 N–H and O–H groups in total. The standard InChI is InChI=1S/C29H23FN2O2/c30-22-9-5-19(6-10-22)20-7-11-23-25(13-20)27-24-12-8-21(14-26(24)28(23)34-27)29(33)32-16-18-3-1-17(15-31)2-4-18/h1-14,27-28H,15-16,31H2,(H,32,33). The van der Waals surface area contributed by atoms with E-state index < -0.39 is 0 Å². The van der Waals surface area contributed by atoms with Crippen LogP contribution in [0, 0.1) is 5.82 Å². The number of carbonyl (C=O) groups is 1. The van der Waals surface area contributed by atoms with Crippen LogP contribution >= 0.6 is 0 Å². The molecule has 0 aromatic heterocycles. The molecule has 4 aromatic carbocycles. The van der Waals surface area contributed by atoms with E-state index in [9.17, 15) is 9.18 Å². The van der Waals surface area contributed by atoms with Gasteiger partial charge < -0.3 is 15.8 Å². The second-order valence-corrected chi connectivity index (χ2v) is 8.79. The van der Waals surface area contributed by atoms with Crippen LogP contribution in [0.3, 0.4) is 0 Å². The normalized spacial score (nSPS) is 17.4. The predicted molar refractivity (Wildman–Crippen MR) is 129 cm³/mol. The number of amides is 1. The SMILES string of the molecule is NCc1ccc(CNC(=O)c2ccc3c(c2)C2OC3c3cc(-c4ccc(F)cc4)ccc32)cc1. The fraction of sp³-hybridized carbons (Fsp3) is 0.138. The lowest BCUT2D eigenvalue weighted by molar-refractivity contribution is 0.0857. The lowest BCUT2D eigenvalue weighted by Gasteiger charge is -2.18. The molecule has 4 aromatic rings. The molecule has 0 saturated heterocycles. The Balaban J connectivity index is 1.22. The van der Waals surface area contributed by atoms with Crippen LogP contribution in [0.25, 0.3) is 11.1 Å². The summed E-state index contributed by atoms with van der Waals surface area (Å²) in [7, 11) is 0. The second-order valence-electron chi connectivity index (χ2n) is 8.79. The topological polar surface area (TPSA) is 64.3 Å². The summed E-state index contributed by atoms with van der Waals surface area (Å²) < 4.78 is 19.6. The lowest BCUT2D eigenvalue weighted by atomic mass is 9.84. The Morgan fingerprint density at radius 2 is 1.38 bits per heavy atom. The first kappa shape index (κ1) is 20.8. The summed E-state index contributed by atoms with van der Waals surface area (Å²) in [6, 6.07) is 26.5. The summed E-state index contributed by atoms with van der Waals surface area (Å²) in [6.07, 6.45) is -0.317. The smallest absolute Gasteiger partial charge is 0.251 e. The van der Waals surface area contributed by atoms with Gasteiger partial charge in [0.05, 0.1) is 0 Å². The van der Waals surface area contributed by atoms with Crippen molar-refractivity contribution in [1.82, 2.24) is 5.32 Å². The molecule has 4 nitrogen and oxygen atoms in total. The van der Waals surface area contributed by atoms with Gasteiger partial charge in [0.25, 0.3) is 5.91 Å². The lowest BCUT2D eigenvalue weighted by Crippen LogP contribution is -2.23. The Labute approximate surface area is 197 Å². The second kappa shape index (κ2) is 8.20. The number of nitrogens with two attached hydrogens (primary N) is 1. The maximum Gasteiger partial charge on any atom is 0.251 e. The molecule has 2 bridgehead atoms. The van der Waals surface area contributed by atoms with Gasteiger partial charge in [-0.15, -0.1) is 0 Å². The highest BCUT2D eigenvalue weighted by Crippen LogP contribution is 2.54. The van der Waals surface area contributed by atoms with Crippen molar-refractivity contribution < 1.29 is 13.9 Å². The van der Waals surface area contributed by atoms with Gasteiger partial charge in [0.2, 0.25) is 0 Å². The number of hydrogen-bond donors (Lipinski definition) is 2. The van der Waals surface area contributed by atoms with E-state index in [1.54, 1.807) is 12.1 Å². The van der Waals surface area contributed by atoms with E-state index in [1.807, 2.05) is 48.5 Å². The van der Waals surface area contributed by atoms with E-state index in [0.717, 1.165) is 44.5 Å². The highest BCUT2D eigenvalue weighted by molar-refractivity contribution is 5.94. The highest BCUT2D eigenvalue weighted by Gasteiger charge is 2.43. The number of carbonyl (C=O) groups excluding carboxylic acids is 1. The van der Waals surface area contributed by atoms with E-state index in [4.69, 9.17) is 10.5 Å². The molecule has 2 heterocycles. The average Bonchev–Trinajstić information content (AvgIpc) is 3.45. The van der Waals surface area contributed by atoms with Crippen molar-refractivity contribution in [3.63, 3.8) is 0 Å². The van der Waals surface area contributed by atoms with Crippen molar-refractivity contribution >= 4 is 5.91 Å². The Morgan fingerprint density at radius 1 is 0.765 bits per heavy atom. The fourth-order valence-corrected chi connectivity index (χ4v) is 4.89. The molecule has 5 heteroatoms. The molecule has 1 amide bonds. The van der Waals surface area contributed by atoms with Crippen LogP contribution in [0.5, 0.6) is 0 Å². The van der Waals surface area contributed by atoms with Crippen molar-refractivity contribution in [3.05, 3.63) is 130 Å². The highest BCUT2D eigenvalue weighted by atomic mass is 19.1. The molecule has 0 saturated carbocycles. The molecular formula is C29H23FN2O2. The number of benzene rings is 4. The van der Waals surface area contributed by atoms with Gasteiger partial charge in [0.15, 0.2) is 0 Å². The molecule has 2 unspecified atom stereocenters. The Kier molecular flexibility index (Phi) is 5.01. The van der Waals surface area contributed by atoms with E-state index in [-0.39, 0.29) is 23.9 Å². The van der Waals surface area contributed by atoms with Gasteiger partial charge in [-0.3, -0.25) is 4.79 Å². The first-order valence-corrected chi connectivity index (χ1v) is 11.4. The van der Waals surface area contributed by atoms with Gasteiger partial charge >= 0.3 is 0 Å². The molecule has 6 rings (SSSR count). The van der Waals surface area contributed by atoms with E-state index in [1.165, 1.54) is 12.1 Å². The molecule has 0 aliphatic carbocycles. The summed E-state index contributed by atoms with van der Waals surface area (Å²) in [6.45, 7) is 0.959.